The summed E-state index contributed by atoms with van der Waals surface area (Å²) >= 11 is 0. The Bertz CT molecular complexity index is 162. The predicted molar refractivity (Wildman–Crippen MR) is 52.3 cm³/mol. The van der Waals surface area contributed by atoms with Crippen molar-refractivity contribution in [3.8, 4) is 0 Å². The fraction of sp³-hybridized carbons (Fsp3) is 0.800. The van der Waals surface area contributed by atoms with Crippen LogP contribution in [0.1, 0.15) is 26.7 Å². The zero-order chi connectivity index (χ0) is 9.68. The minimum atomic E-state index is 0.285. The van der Waals surface area contributed by atoms with Gasteiger partial charge >= 0.3 is 0 Å². The number of hydrogen-bond donors (Lipinski definition) is 1. The molecular weight excluding hydrogens is 166 g/mol. The van der Waals surface area contributed by atoms with Crippen molar-refractivity contribution in [3.63, 3.8) is 0 Å². The van der Waals surface area contributed by atoms with E-state index in [1.807, 2.05) is 0 Å². The van der Waals surface area contributed by atoms with E-state index in [2.05, 4.69) is 25.7 Å². The van der Waals surface area contributed by atoms with Gasteiger partial charge in [-0.2, -0.15) is 0 Å². The lowest BCUT2D eigenvalue weighted by atomic mass is 10.2. The van der Waals surface area contributed by atoms with Gasteiger partial charge in [0.25, 0.3) is 0 Å². The zero-order valence-electron chi connectivity index (χ0n) is 8.51. The van der Waals surface area contributed by atoms with Crippen LogP contribution in [0.3, 0.4) is 0 Å². The third-order valence-electron chi connectivity index (χ3n) is 1.93. The molecule has 0 atom stereocenters. The minimum Gasteiger partial charge on any atom is -0.476 e. The first-order valence-corrected chi connectivity index (χ1v) is 4.88. The van der Waals surface area contributed by atoms with Crippen LogP contribution in [0.2, 0.25) is 0 Å². The molecule has 1 heterocycles. The molecule has 1 N–H and O–H groups in total. The molecule has 13 heavy (non-hydrogen) atoms. The lowest BCUT2D eigenvalue weighted by molar-refractivity contribution is -0.00915. The fourth-order valence-electron chi connectivity index (χ4n) is 1.35. The summed E-state index contributed by atoms with van der Waals surface area (Å²) in [6, 6.07) is 0.382. The lowest BCUT2D eigenvalue weighted by Crippen LogP contribution is -2.29. The van der Waals surface area contributed by atoms with E-state index in [0.29, 0.717) is 11.9 Å². The van der Waals surface area contributed by atoms with Crippen LogP contribution in [0.4, 0.5) is 0 Å². The number of hydrogen-bond acceptors (Lipinski definition) is 3. The Balaban J connectivity index is 2.18. The SMILES string of the molecule is C=C(NC(C)C)OC1CCOCC1. The van der Waals surface area contributed by atoms with E-state index >= 15 is 0 Å². The van der Waals surface area contributed by atoms with Crippen LogP contribution in [0, 0.1) is 0 Å². The third kappa shape index (κ3) is 4.18. The Hall–Kier alpha value is -0.700. The topological polar surface area (TPSA) is 30.5 Å². The zero-order valence-corrected chi connectivity index (χ0v) is 8.51. The monoisotopic (exact) mass is 185 g/mol. The van der Waals surface area contributed by atoms with Gasteiger partial charge in [-0.15, -0.1) is 0 Å². The molecule has 0 aliphatic carbocycles. The summed E-state index contributed by atoms with van der Waals surface area (Å²) in [7, 11) is 0. The van der Waals surface area contributed by atoms with E-state index in [1.54, 1.807) is 0 Å². The van der Waals surface area contributed by atoms with Crippen LogP contribution in [0.5, 0.6) is 0 Å². The van der Waals surface area contributed by atoms with Crippen molar-refractivity contribution in [1.82, 2.24) is 5.32 Å². The molecule has 1 aliphatic rings. The lowest BCUT2D eigenvalue weighted by Gasteiger charge is -2.25. The van der Waals surface area contributed by atoms with Crippen molar-refractivity contribution < 1.29 is 9.47 Å². The highest BCUT2D eigenvalue weighted by molar-refractivity contribution is 4.83. The second-order valence-corrected chi connectivity index (χ2v) is 3.65. The number of ether oxygens (including phenoxy) is 2. The van der Waals surface area contributed by atoms with E-state index in [-0.39, 0.29) is 6.10 Å². The molecule has 0 unspecified atom stereocenters. The molecular formula is C10H19NO2. The minimum absolute atomic E-state index is 0.285. The summed E-state index contributed by atoms with van der Waals surface area (Å²) in [6.45, 7) is 9.56. The van der Waals surface area contributed by atoms with E-state index < -0.39 is 0 Å². The number of nitrogens with one attached hydrogen (secondary N) is 1. The van der Waals surface area contributed by atoms with E-state index in [4.69, 9.17) is 9.47 Å². The largest absolute Gasteiger partial charge is 0.476 e. The second kappa shape index (κ2) is 5.12. The molecule has 76 valence electrons. The third-order valence-corrected chi connectivity index (χ3v) is 1.93. The van der Waals surface area contributed by atoms with E-state index in [1.165, 1.54) is 0 Å². The predicted octanol–water partition coefficient (Wildman–Crippen LogP) is 1.65. The van der Waals surface area contributed by atoms with Crippen molar-refractivity contribution in [2.75, 3.05) is 13.2 Å². The Morgan fingerprint density at radius 3 is 2.62 bits per heavy atom. The van der Waals surface area contributed by atoms with Gasteiger partial charge in [0.15, 0.2) is 5.88 Å². The van der Waals surface area contributed by atoms with Crippen LogP contribution in [-0.2, 0) is 9.47 Å². The Morgan fingerprint density at radius 1 is 1.46 bits per heavy atom. The summed E-state index contributed by atoms with van der Waals surface area (Å²) in [5, 5.41) is 3.13. The molecule has 0 aromatic carbocycles. The normalized spacial score (nSPS) is 18.7. The van der Waals surface area contributed by atoms with Gasteiger partial charge in [-0.05, 0) is 20.4 Å². The van der Waals surface area contributed by atoms with Crippen LogP contribution in [-0.4, -0.2) is 25.4 Å². The molecule has 0 aromatic heterocycles. The molecule has 0 amide bonds. The first kappa shape index (κ1) is 10.4. The number of rotatable bonds is 4. The highest BCUT2D eigenvalue weighted by Gasteiger charge is 2.15. The van der Waals surface area contributed by atoms with Crippen molar-refractivity contribution >= 4 is 0 Å². The van der Waals surface area contributed by atoms with Gasteiger partial charge in [0, 0.05) is 18.9 Å². The summed E-state index contributed by atoms with van der Waals surface area (Å²) in [6.07, 6.45) is 2.23. The average molecular weight is 185 g/mol. The highest BCUT2D eigenvalue weighted by Crippen LogP contribution is 2.12. The summed E-state index contributed by atoms with van der Waals surface area (Å²) in [4.78, 5) is 0. The van der Waals surface area contributed by atoms with Gasteiger partial charge < -0.3 is 14.8 Å². The van der Waals surface area contributed by atoms with Crippen molar-refractivity contribution in [2.45, 2.75) is 38.8 Å². The maximum absolute atomic E-state index is 5.62. The first-order valence-electron chi connectivity index (χ1n) is 4.88. The Kier molecular flexibility index (Phi) is 4.09. The van der Waals surface area contributed by atoms with Gasteiger partial charge in [0.05, 0.1) is 13.2 Å². The van der Waals surface area contributed by atoms with Crippen molar-refractivity contribution in [1.29, 1.82) is 0 Å². The Labute approximate surface area is 80.1 Å². The fourth-order valence-corrected chi connectivity index (χ4v) is 1.35. The summed E-state index contributed by atoms with van der Waals surface area (Å²) in [5.41, 5.74) is 0. The van der Waals surface area contributed by atoms with Gasteiger partial charge in [0.2, 0.25) is 0 Å². The quantitative estimate of drug-likeness (QED) is 0.675. The smallest absolute Gasteiger partial charge is 0.179 e. The first-order chi connectivity index (χ1) is 6.18. The second-order valence-electron chi connectivity index (χ2n) is 3.65. The van der Waals surface area contributed by atoms with Gasteiger partial charge in [-0.3, -0.25) is 0 Å². The molecule has 3 nitrogen and oxygen atoms in total. The molecule has 1 fully saturated rings. The molecule has 0 radical (unpaired) electrons. The molecule has 1 saturated heterocycles. The summed E-state index contributed by atoms with van der Waals surface area (Å²) < 4.78 is 10.8. The molecule has 0 saturated carbocycles. The standard InChI is InChI=1S/C10H19NO2/c1-8(2)11-9(3)13-10-4-6-12-7-5-10/h8,10-11H,3-7H2,1-2H3. The van der Waals surface area contributed by atoms with Crippen LogP contribution in [0.15, 0.2) is 12.5 Å². The van der Waals surface area contributed by atoms with E-state index in [9.17, 15) is 0 Å². The van der Waals surface area contributed by atoms with Crippen molar-refractivity contribution in [2.24, 2.45) is 0 Å². The molecule has 0 bridgehead atoms. The molecule has 0 spiro atoms. The highest BCUT2D eigenvalue weighted by atomic mass is 16.5. The van der Waals surface area contributed by atoms with Crippen molar-refractivity contribution in [3.05, 3.63) is 12.5 Å². The van der Waals surface area contributed by atoms with Crippen LogP contribution >= 0.6 is 0 Å². The average Bonchev–Trinajstić information content (AvgIpc) is 2.04. The van der Waals surface area contributed by atoms with E-state index in [0.717, 1.165) is 26.1 Å². The van der Waals surface area contributed by atoms with Gasteiger partial charge in [-0.1, -0.05) is 0 Å². The van der Waals surface area contributed by atoms with Crippen LogP contribution in [0.25, 0.3) is 0 Å². The van der Waals surface area contributed by atoms with Gasteiger partial charge in [-0.25, -0.2) is 0 Å². The Morgan fingerprint density at radius 2 is 2.08 bits per heavy atom. The van der Waals surface area contributed by atoms with Crippen LogP contribution < -0.4 is 5.32 Å². The summed E-state index contributed by atoms with van der Waals surface area (Å²) in [5.74, 6) is 0.682. The maximum Gasteiger partial charge on any atom is 0.179 e. The maximum atomic E-state index is 5.62. The molecule has 3 heteroatoms. The van der Waals surface area contributed by atoms with Gasteiger partial charge in [0.1, 0.15) is 6.10 Å². The molecule has 0 aromatic rings. The molecule has 1 aliphatic heterocycles. The molecule has 1 rings (SSSR count).